The van der Waals surface area contributed by atoms with Gasteiger partial charge in [-0.1, -0.05) is 6.07 Å². The van der Waals surface area contributed by atoms with Crippen LogP contribution in [0.4, 0.5) is 24.7 Å². The molecule has 3 aromatic rings. The van der Waals surface area contributed by atoms with Gasteiger partial charge in [0, 0.05) is 11.1 Å². The fourth-order valence-corrected chi connectivity index (χ4v) is 2.13. The van der Waals surface area contributed by atoms with E-state index >= 15 is 0 Å². The van der Waals surface area contributed by atoms with E-state index in [-0.39, 0.29) is 28.1 Å². The van der Waals surface area contributed by atoms with Crippen molar-refractivity contribution >= 4 is 28.3 Å². The predicted molar refractivity (Wildman–Crippen MR) is 77.7 cm³/mol. The fraction of sp³-hybridized carbons (Fsp3) is 0.0714. The van der Waals surface area contributed by atoms with Crippen LogP contribution in [0.1, 0.15) is 16.1 Å². The Kier molecular flexibility index (Phi) is 3.40. The van der Waals surface area contributed by atoms with Gasteiger partial charge in [0.15, 0.2) is 0 Å². The Morgan fingerprint density at radius 2 is 2.04 bits per heavy atom. The molecule has 0 aliphatic heterocycles. The zero-order chi connectivity index (χ0) is 16.6. The lowest BCUT2D eigenvalue weighted by Crippen LogP contribution is -2.15. The number of alkyl halides is 3. The fourth-order valence-electron chi connectivity index (χ4n) is 2.13. The number of nitrogens with one attached hydrogen (secondary N) is 2. The van der Waals surface area contributed by atoms with Crippen molar-refractivity contribution in [3.05, 3.63) is 47.8 Å². The molecule has 6 nitrogen and oxygen atoms in total. The average molecular weight is 321 g/mol. The number of H-pyrrole nitrogens is 1. The number of benzene rings is 1. The van der Waals surface area contributed by atoms with E-state index in [1.807, 2.05) is 0 Å². The summed E-state index contributed by atoms with van der Waals surface area (Å²) in [5.74, 6) is -0.526. The van der Waals surface area contributed by atoms with Crippen molar-refractivity contribution in [3.8, 4) is 0 Å². The monoisotopic (exact) mass is 321 g/mol. The van der Waals surface area contributed by atoms with E-state index in [9.17, 15) is 18.0 Å². The number of anilines is 2. The van der Waals surface area contributed by atoms with Gasteiger partial charge in [-0.3, -0.25) is 9.89 Å². The number of hydrogen-bond donors (Lipinski definition) is 3. The van der Waals surface area contributed by atoms with Gasteiger partial charge in [-0.15, -0.1) is 0 Å². The van der Waals surface area contributed by atoms with E-state index in [2.05, 4.69) is 20.5 Å². The van der Waals surface area contributed by atoms with Crippen molar-refractivity contribution < 1.29 is 18.0 Å². The number of fused-ring (bicyclic) bond motifs is 1. The van der Waals surface area contributed by atoms with Crippen molar-refractivity contribution in [2.75, 3.05) is 11.1 Å². The third kappa shape index (κ3) is 2.93. The van der Waals surface area contributed by atoms with Crippen LogP contribution < -0.4 is 11.1 Å². The van der Waals surface area contributed by atoms with E-state index < -0.39 is 17.6 Å². The predicted octanol–water partition coefficient (Wildman–Crippen LogP) is 2.81. The number of pyridine rings is 1. The lowest BCUT2D eigenvalue weighted by Gasteiger charge is -2.11. The minimum absolute atomic E-state index is 0.00302. The molecule has 2 heterocycles. The lowest BCUT2D eigenvalue weighted by molar-refractivity contribution is -0.136. The molecule has 0 radical (unpaired) electrons. The number of halogens is 3. The molecule has 0 saturated heterocycles. The second kappa shape index (κ2) is 5.27. The molecule has 1 amide bonds. The van der Waals surface area contributed by atoms with Crippen molar-refractivity contribution in [1.29, 1.82) is 0 Å². The van der Waals surface area contributed by atoms with Gasteiger partial charge in [-0.05, 0) is 24.3 Å². The Hall–Kier alpha value is -3.10. The Labute approximate surface area is 127 Å². The SMILES string of the molecule is Nc1cccc(C(=O)Nc2cc(C(F)(F)F)c3cn[nH]c3c2)n1. The molecule has 0 spiro atoms. The van der Waals surface area contributed by atoms with Crippen LogP contribution in [0, 0.1) is 0 Å². The van der Waals surface area contributed by atoms with Crippen LogP contribution in [0.5, 0.6) is 0 Å². The average Bonchev–Trinajstić information content (AvgIpc) is 2.93. The van der Waals surface area contributed by atoms with Crippen molar-refractivity contribution in [1.82, 2.24) is 15.2 Å². The summed E-state index contributed by atoms with van der Waals surface area (Å²) in [4.78, 5) is 15.9. The van der Waals surface area contributed by atoms with Crippen LogP contribution >= 0.6 is 0 Å². The molecule has 118 valence electrons. The Morgan fingerprint density at radius 1 is 1.26 bits per heavy atom. The van der Waals surface area contributed by atoms with Crippen LogP contribution in [-0.4, -0.2) is 21.1 Å². The van der Waals surface area contributed by atoms with Crippen molar-refractivity contribution in [3.63, 3.8) is 0 Å². The Morgan fingerprint density at radius 3 is 2.74 bits per heavy atom. The minimum Gasteiger partial charge on any atom is -0.384 e. The Balaban J connectivity index is 1.99. The van der Waals surface area contributed by atoms with Crippen LogP contribution in [-0.2, 0) is 6.18 Å². The molecule has 0 aliphatic carbocycles. The molecule has 4 N–H and O–H groups in total. The highest BCUT2D eigenvalue weighted by atomic mass is 19.4. The van der Waals surface area contributed by atoms with E-state index in [4.69, 9.17) is 5.73 Å². The van der Waals surface area contributed by atoms with Crippen molar-refractivity contribution in [2.24, 2.45) is 0 Å². The van der Waals surface area contributed by atoms with Gasteiger partial charge in [-0.2, -0.15) is 18.3 Å². The van der Waals surface area contributed by atoms with Gasteiger partial charge in [-0.25, -0.2) is 4.98 Å². The molecule has 2 aromatic heterocycles. The molecule has 0 bridgehead atoms. The molecule has 9 heteroatoms. The highest BCUT2D eigenvalue weighted by Gasteiger charge is 2.33. The number of aromatic amines is 1. The van der Waals surface area contributed by atoms with Gasteiger partial charge in [0.05, 0.1) is 17.3 Å². The quantitative estimate of drug-likeness (QED) is 0.676. The maximum atomic E-state index is 13.1. The second-order valence-electron chi connectivity index (χ2n) is 4.75. The van der Waals surface area contributed by atoms with Gasteiger partial charge in [0.25, 0.3) is 5.91 Å². The molecule has 0 unspecified atom stereocenters. The third-order valence-electron chi connectivity index (χ3n) is 3.13. The topological polar surface area (TPSA) is 96.7 Å². The van der Waals surface area contributed by atoms with Gasteiger partial charge in [0.2, 0.25) is 0 Å². The summed E-state index contributed by atoms with van der Waals surface area (Å²) in [5.41, 5.74) is 4.73. The number of aromatic nitrogens is 3. The Bertz CT molecular complexity index is 887. The summed E-state index contributed by atoms with van der Waals surface area (Å²) in [6, 6.07) is 6.64. The largest absolute Gasteiger partial charge is 0.417 e. The first kappa shape index (κ1) is 14.8. The summed E-state index contributed by atoms with van der Waals surface area (Å²) >= 11 is 0. The standard InChI is InChI=1S/C14H10F3N5O/c15-14(16,17)9-4-7(5-11-8(9)6-19-22-11)20-13(23)10-2-1-3-12(18)21-10/h1-6H,(H2,18,21)(H,19,22)(H,20,23). The minimum atomic E-state index is -4.57. The van der Waals surface area contributed by atoms with E-state index in [1.54, 1.807) is 0 Å². The summed E-state index contributed by atoms with van der Waals surface area (Å²) in [7, 11) is 0. The highest BCUT2D eigenvalue weighted by molar-refractivity contribution is 6.04. The number of carbonyl (C=O) groups excluding carboxylic acids is 1. The van der Waals surface area contributed by atoms with Gasteiger partial charge in [0.1, 0.15) is 11.5 Å². The van der Waals surface area contributed by atoms with Crippen LogP contribution in [0.15, 0.2) is 36.5 Å². The maximum absolute atomic E-state index is 13.1. The molecular formula is C14H10F3N5O. The number of nitrogen functional groups attached to an aromatic ring is 1. The number of hydrogen-bond acceptors (Lipinski definition) is 4. The summed E-state index contributed by atoms with van der Waals surface area (Å²) in [5, 5.41) is 8.36. The zero-order valence-electron chi connectivity index (χ0n) is 11.5. The smallest absolute Gasteiger partial charge is 0.384 e. The molecule has 0 atom stereocenters. The molecule has 0 aliphatic rings. The number of nitrogens with zero attached hydrogens (tertiary/aromatic N) is 2. The number of rotatable bonds is 2. The summed E-state index contributed by atoms with van der Waals surface area (Å²) in [6.07, 6.45) is -3.48. The molecule has 0 saturated carbocycles. The molecule has 0 fully saturated rings. The molecule has 1 aromatic carbocycles. The number of amides is 1. The molecule has 3 rings (SSSR count). The number of carbonyl (C=O) groups is 1. The molecule has 23 heavy (non-hydrogen) atoms. The third-order valence-corrected chi connectivity index (χ3v) is 3.13. The van der Waals surface area contributed by atoms with Crippen LogP contribution in [0.3, 0.4) is 0 Å². The zero-order valence-corrected chi connectivity index (χ0v) is 11.5. The normalized spacial score (nSPS) is 11.6. The second-order valence-corrected chi connectivity index (χ2v) is 4.75. The van der Waals surface area contributed by atoms with Crippen LogP contribution in [0.25, 0.3) is 10.9 Å². The van der Waals surface area contributed by atoms with E-state index in [0.717, 1.165) is 12.3 Å². The molecular weight excluding hydrogens is 311 g/mol. The number of nitrogens with two attached hydrogens (primary N) is 1. The first-order valence-electron chi connectivity index (χ1n) is 6.43. The van der Waals surface area contributed by atoms with Gasteiger partial charge < -0.3 is 11.1 Å². The van der Waals surface area contributed by atoms with E-state index in [1.165, 1.54) is 24.3 Å². The van der Waals surface area contributed by atoms with Crippen molar-refractivity contribution in [2.45, 2.75) is 6.18 Å². The highest BCUT2D eigenvalue weighted by Crippen LogP contribution is 2.36. The summed E-state index contributed by atoms with van der Waals surface area (Å²) < 4.78 is 39.3. The summed E-state index contributed by atoms with van der Waals surface area (Å²) in [6.45, 7) is 0. The maximum Gasteiger partial charge on any atom is 0.417 e. The lowest BCUT2D eigenvalue weighted by atomic mass is 10.1. The van der Waals surface area contributed by atoms with Gasteiger partial charge >= 0.3 is 6.18 Å². The van der Waals surface area contributed by atoms with E-state index in [0.29, 0.717) is 0 Å². The first-order valence-corrected chi connectivity index (χ1v) is 6.43. The first-order chi connectivity index (χ1) is 10.8. The van der Waals surface area contributed by atoms with Crippen LogP contribution in [0.2, 0.25) is 0 Å².